The fourth-order valence-electron chi connectivity index (χ4n) is 1.42. The standard InChI is InChI=1S/C11H9F2N3/c1-14-11-10(15-2-3-16-11)7-4-8(12)6-9(13)5-7/h2-6H,1H3,(H,14,16). The lowest BCUT2D eigenvalue weighted by Crippen LogP contribution is -1.98. The van der Waals surface area contributed by atoms with Gasteiger partial charge in [-0.3, -0.25) is 4.98 Å². The van der Waals surface area contributed by atoms with Gasteiger partial charge in [-0.1, -0.05) is 0 Å². The summed E-state index contributed by atoms with van der Waals surface area (Å²) in [6.45, 7) is 0. The second kappa shape index (κ2) is 4.22. The summed E-state index contributed by atoms with van der Waals surface area (Å²) in [5.74, 6) is -0.794. The highest BCUT2D eigenvalue weighted by atomic mass is 19.1. The van der Waals surface area contributed by atoms with Gasteiger partial charge >= 0.3 is 0 Å². The summed E-state index contributed by atoms with van der Waals surface area (Å²) in [4.78, 5) is 8.06. The molecule has 0 aliphatic carbocycles. The molecule has 0 unspecified atom stereocenters. The Morgan fingerprint density at radius 1 is 1.00 bits per heavy atom. The molecule has 1 heterocycles. The van der Waals surface area contributed by atoms with E-state index in [1.807, 2.05) is 0 Å². The first kappa shape index (κ1) is 10.5. The van der Waals surface area contributed by atoms with E-state index < -0.39 is 11.6 Å². The molecule has 0 spiro atoms. The predicted molar refractivity (Wildman–Crippen MR) is 56.9 cm³/mol. The maximum atomic E-state index is 13.0. The fraction of sp³-hybridized carbons (Fsp3) is 0.0909. The van der Waals surface area contributed by atoms with E-state index in [4.69, 9.17) is 0 Å². The first-order valence-electron chi connectivity index (χ1n) is 4.66. The summed E-state index contributed by atoms with van der Waals surface area (Å²) in [5, 5.41) is 2.81. The van der Waals surface area contributed by atoms with E-state index in [9.17, 15) is 8.78 Å². The lowest BCUT2D eigenvalue weighted by molar-refractivity contribution is 0.584. The van der Waals surface area contributed by atoms with Crippen molar-refractivity contribution < 1.29 is 8.78 Å². The fourth-order valence-corrected chi connectivity index (χ4v) is 1.42. The average molecular weight is 221 g/mol. The molecule has 0 fully saturated rings. The number of halogens is 2. The van der Waals surface area contributed by atoms with Crippen LogP contribution in [-0.4, -0.2) is 17.0 Å². The minimum absolute atomic E-state index is 0.356. The molecule has 0 amide bonds. The SMILES string of the molecule is CNc1nccnc1-c1cc(F)cc(F)c1. The van der Waals surface area contributed by atoms with Crippen molar-refractivity contribution in [3.63, 3.8) is 0 Å². The number of benzene rings is 1. The van der Waals surface area contributed by atoms with Crippen molar-refractivity contribution in [2.24, 2.45) is 0 Å². The van der Waals surface area contributed by atoms with Crippen LogP contribution in [0.3, 0.4) is 0 Å². The van der Waals surface area contributed by atoms with Gasteiger partial charge in [0.15, 0.2) is 5.82 Å². The monoisotopic (exact) mass is 221 g/mol. The van der Waals surface area contributed by atoms with Gasteiger partial charge in [0, 0.05) is 31.1 Å². The Bertz CT molecular complexity index is 494. The van der Waals surface area contributed by atoms with Gasteiger partial charge in [0.05, 0.1) is 0 Å². The molecule has 16 heavy (non-hydrogen) atoms. The van der Waals surface area contributed by atoms with Gasteiger partial charge in [0.25, 0.3) is 0 Å². The van der Waals surface area contributed by atoms with Crippen molar-refractivity contribution in [3.8, 4) is 11.3 Å². The minimum Gasteiger partial charge on any atom is -0.371 e. The van der Waals surface area contributed by atoms with Gasteiger partial charge in [-0.25, -0.2) is 13.8 Å². The first-order chi connectivity index (χ1) is 7.70. The normalized spacial score (nSPS) is 10.2. The molecule has 2 rings (SSSR count). The van der Waals surface area contributed by atoms with Crippen LogP contribution in [0.1, 0.15) is 0 Å². The number of anilines is 1. The number of nitrogens with zero attached hydrogens (tertiary/aromatic N) is 2. The molecule has 0 aliphatic heterocycles. The molecule has 0 bridgehead atoms. The smallest absolute Gasteiger partial charge is 0.152 e. The second-order valence-electron chi connectivity index (χ2n) is 3.16. The molecular formula is C11H9F2N3. The number of aromatic nitrogens is 2. The summed E-state index contributed by atoms with van der Waals surface area (Å²) < 4.78 is 26.1. The van der Waals surface area contributed by atoms with Crippen LogP contribution in [0.4, 0.5) is 14.6 Å². The Hall–Kier alpha value is -2.04. The number of hydrogen-bond acceptors (Lipinski definition) is 3. The molecule has 2 aromatic rings. The van der Waals surface area contributed by atoms with E-state index in [1.165, 1.54) is 24.5 Å². The Morgan fingerprint density at radius 3 is 2.25 bits per heavy atom. The van der Waals surface area contributed by atoms with Gasteiger partial charge in [-0.05, 0) is 12.1 Å². The minimum atomic E-state index is -0.636. The molecule has 5 heteroatoms. The van der Waals surface area contributed by atoms with Gasteiger partial charge in [-0.2, -0.15) is 0 Å². The van der Waals surface area contributed by atoms with Crippen LogP contribution < -0.4 is 5.32 Å². The third kappa shape index (κ3) is 1.98. The summed E-state index contributed by atoms with van der Waals surface area (Å²) in [5.41, 5.74) is 0.776. The maximum Gasteiger partial charge on any atom is 0.152 e. The van der Waals surface area contributed by atoms with Gasteiger partial charge in [0.1, 0.15) is 17.3 Å². The Labute approximate surface area is 91.2 Å². The van der Waals surface area contributed by atoms with Crippen molar-refractivity contribution in [1.82, 2.24) is 9.97 Å². The topological polar surface area (TPSA) is 37.8 Å². The van der Waals surface area contributed by atoms with Crippen LogP contribution in [-0.2, 0) is 0 Å². The summed E-state index contributed by atoms with van der Waals surface area (Å²) in [7, 11) is 1.67. The molecule has 0 radical (unpaired) electrons. The number of nitrogens with one attached hydrogen (secondary N) is 1. The highest BCUT2D eigenvalue weighted by molar-refractivity contribution is 5.70. The Balaban J connectivity index is 2.58. The van der Waals surface area contributed by atoms with E-state index in [0.717, 1.165) is 6.07 Å². The molecular weight excluding hydrogens is 212 g/mol. The van der Waals surface area contributed by atoms with Crippen LogP contribution >= 0.6 is 0 Å². The van der Waals surface area contributed by atoms with Crippen LogP contribution in [0, 0.1) is 11.6 Å². The molecule has 82 valence electrons. The van der Waals surface area contributed by atoms with E-state index in [2.05, 4.69) is 15.3 Å². The zero-order valence-corrected chi connectivity index (χ0v) is 8.54. The molecule has 0 aliphatic rings. The molecule has 0 atom stereocenters. The van der Waals surface area contributed by atoms with Gasteiger partial charge in [-0.15, -0.1) is 0 Å². The quantitative estimate of drug-likeness (QED) is 0.846. The maximum absolute atomic E-state index is 13.0. The predicted octanol–water partition coefficient (Wildman–Crippen LogP) is 2.46. The largest absolute Gasteiger partial charge is 0.371 e. The van der Waals surface area contributed by atoms with Crippen molar-refractivity contribution in [2.75, 3.05) is 12.4 Å². The molecule has 1 aromatic carbocycles. The van der Waals surface area contributed by atoms with E-state index in [-0.39, 0.29) is 0 Å². The Kier molecular flexibility index (Phi) is 2.76. The van der Waals surface area contributed by atoms with Crippen molar-refractivity contribution in [2.45, 2.75) is 0 Å². The lowest BCUT2D eigenvalue weighted by atomic mass is 10.1. The molecule has 3 nitrogen and oxygen atoms in total. The third-order valence-corrected chi connectivity index (χ3v) is 2.07. The summed E-state index contributed by atoms with van der Waals surface area (Å²) >= 11 is 0. The van der Waals surface area contributed by atoms with Gasteiger partial charge < -0.3 is 5.32 Å². The molecule has 1 N–H and O–H groups in total. The van der Waals surface area contributed by atoms with Crippen LogP contribution in [0.5, 0.6) is 0 Å². The first-order valence-corrected chi connectivity index (χ1v) is 4.66. The molecule has 1 aromatic heterocycles. The number of rotatable bonds is 2. The van der Waals surface area contributed by atoms with Crippen molar-refractivity contribution >= 4 is 5.82 Å². The zero-order valence-electron chi connectivity index (χ0n) is 8.54. The summed E-state index contributed by atoms with van der Waals surface area (Å²) in [6, 6.07) is 3.25. The van der Waals surface area contributed by atoms with Crippen LogP contribution in [0.25, 0.3) is 11.3 Å². The highest BCUT2D eigenvalue weighted by Gasteiger charge is 2.09. The van der Waals surface area contributed by atoms with Crippen LogP contribution in [0.2, 0.25) is 0 Å². The van der Waals surface area contributed by atoms with E-state index in [1.54, 1.807) is 7.05 Å². The van der Waals surface area contributed by atoms with Crippen molar-refractivity contribution in [3.05, 3.63) is 42.2 Å². The van der Waals surface area contributed by atoms with Crippen LogP contribution in [0.15, 0.2) is 30.6 Å². The van der Waals surface area contributed by atoms with Gasteiger partial charge in [0.2, 0.25) is 0 Å². The highest BCUT2D eigenvalue weighted by Crippen LogP contribution is 2.24. The lowest BCUT2D eigenvalue weighted by Gasteiger charge is -2.06. The summed E-state index contributed by atoms with van der Waals surface area (Å²) in [6.07, 6.45) is 2.98. The molecule has 0 saturated heterocycles. The molecule has 0 saturated carbocycles. The van der Waals surface area contributed by atoms with E-state index in [0.29, 0.717) is 17.1 Å². The third-order valence-electron chi connectivity index (χ3n) is 2.07. The number of hydrogen-bond donors (Lipinski definition) is 1. The van der Waals surface area contributed by atoms with Crippen molar-refractivity contribution in [1.29, 1.82) is 0 Å². The average Bonchev–Trinajstić information content (AvgIpc) is 2.27. The second-order valence-corrected chi connectivity index (χ2v) is 3.16. The zero-order chi connectivity index (χ0) is 11.5. The Morgan fingerprint density at radius 2 is 1.62 bits per heavy atom. The van der Waals surface area contributed by atoms with E-state index >= 15 is 0 Å².